The minimum Gasteiger partial charge on any atom is -0.341 e. The van der Waals surface area contributed by atoms with Gasteiger partial charge in [-0.25, -0.2) is 4.98 Å². The standard InChI is InChI=1S/C11H12ClN3/c12-7-2-1-3-8-9(7)15-10(14-8)11(6-13)4-5-11/h1-3H,4-6,13H2,(H,14,15). The molecular weight excluding hydrogens is 210 g/mol. The normalized spacial score (nSPS) is 18.3. The lowest BCUT2D eigenvalue weighted by atomic mass is 10.1. The van der Waals surface area contributed by atoms with Gasteiger partial charge in [-0.2, -0.15) is 0 Å². The molecule has 0 unspecified atom stereocenters. The molecule has 78 valence electrons. The van der Waals surface area contributed by atoms with E-state index in [1.165, 1.54) is 0 Å². The van der Waals surface area contributed by atoms with Gasteiger partial charge in [0.1, 0.15) is 11.3 Å². The number of aromatic nitrogens is 2. The zero-order valence-corrected chi connectivity index (χ0v) is 9.01. The van der Waals surface area contributed by atoms with Crippen LogP contribution in [-0.2, 0) is 5.41 Å². The van der Waals surface area contributed by atoms with Crippen molar-refractivity contribution in [3.05, 3.63) is 29.0 Å². The summed E-state index contributed by atoms with van der Waals surface area (Å²) in [4.78, 5) is 7.86. The topological polar surface area (TPSA) is 54.7 Å². The lowest BCUT2D eigenvalue weighted by molar-refractivity contribution is 0.662. The highest BCUT2D eigenvalue weighted by atomic mass is 35.5. The van der Waals surface area contributed by atoms with Crippen LogP contribution in [0.5, 0.6) is 0 Å². The average molecular weight is 222 g/mol. The number of fused-ring (bicyclic) bond motifs is 1. The molecule has 0 atom stereocenters. The SMILES string of the molecule is NCC1(c2nc3c(Cl)cccc3[nH]2)CC1. The van der Waals surface area contributed by atoms with Crippen molar-refractivity contribution < 1.29 is 0 Å². The number of nitrogens with zero attached hydrogens (tertiary/aromatic N) is 1. The number of imidazole rings is 1. The predicted octanol–water partition coefficient (Wildman–Crippen LogP) is 2.21. The number of nitrogens with one attached hydrogen (secondary N) is 1. The summed E-state index contributed by atoms with van der Waals surface area (Å²) >= 11 is 6.07. The first-order valence-electron chi connectivity index (χ1n) is 5.10. The number of halogens is 1. The minimum atomic E-state index is 0.0996. The first kappa shape index (κ1) is 9.19. The Hall–Kier alpha value is -1.06. The van der Waals surface area contributed by atoms with Crippen molar-refractivity contribution in [1.82, 2.24) is 9.97 Å². The van der Waals surface area contributed by atoms with Gasteiger partial charge in [0.2, 0.25) is 0 Å². The van der Waals surface area contributed by atoms with Gasteiger partial charge in [-0.15, -0.1) is 0 Å². The first-order chi connectivity index (χ1) is 7.25. The van der Waals surface area contributed by atoms with Gasteiger partial charge in [0.05, 0.1) is 10.5 Å². The predicted molar refractivity (Wildman–Crippen MR) is 61.1 cm³/mol. The van der Waals surface area contributed by atoms with Crippen molar-refractivity contribution in [3.8, 4) is 0 Å². The molecule has 0 bridgehead atoms. The molecule has 0 aliphatic heterocycles. The van der Waals surface area contributed by atoms with Gasteiger partial charge in [0, 0.05) is 12.0 Å². The molecule has 0 spiro atoms. The smallest absolute Gasteiger partial charge is 0.114 e. The fraction of sp³-hybridized carbons (Fsp3) is 0.364. The molecule has 0 radical (unpaired) electrons. The average Bonchev–Trinajstić information content (AvgIpc) is 2.92. The van der Waals surface area contributed by atoms with E-state index in [-0.39, 0.29) is 5.41 Å². The van der Waals surface area contributed by atoms with Crippen molar-refractivity contribution >= 4 is 22.6 Å². The molecule has 1 heterocycles. The summed E-state index contributed by atoms with van der Waals surface area (Å²) < 4.78 is 0. The Kier molecular flexibility index (Phi) is 1.82. The number of H-pyrrole nitrogens is 1. The second-order valence-corrected chi connectivity index (χ2v) is 4.61. The molecule has 3 N–H and O–H groups in total. The van der Waals surface area contributed by atoms with Crippen LogP contribution < -0.4 is 5.73 Å². The van der Waals surface area contributed by atoms with Gasteiger partial charge in [-0.05, 0) is 25.0 Å². The Morgan fingerprint density at radius 3 is 2.87 bits per heavy atom. The lowest BCUT2D eigenvalue weighted by Gasteiger charge is -2.06. The number of aromatic amines is 1. The fourth-order valence-electron chi connectivity index (χ4n) is 1.94. The highest BCUT2D eigenvalue weighted by Gasteiger charge is 2.45. The largest absolute Gasteiger partial charge is 0.341 e. The summed E-state index contributed by atoms with van der Waals surface area (Å²) in [5.41, 5.74) is 7.72. The third-order valence-corrected chi connectivity index (χ3v) is 3.52. The summed E-state index contributed by atoms with van der Waals surface area (Å²) in [5, 5.41) is 0.697. The van der Waals surface area contributed by atoms with E-state index < -0.39 is 0 Å². The Labute approximate surface area is 92.6 Å². The summed E-state index contributed by atoms with van der Waals surface area (Å²) in [7, 11) is 0. The van der Waals surface area contributed by atoms with Crippen LogP contribution in [0.2, 0.25) is 5.02 Å². The van der Waals surface area contributed by atoms with E-state index in [2.05, 4.69) is 9.97 Å². The van der Waals surface area contributed by atoms with Gasteiger partial charge < -0.3 is 10.7 Å². The molecule has 1 aromatic heterocycles. The molecule has 0 amide bonds. The van der Waals surface area contributed by atoms with E-state index in [0.29, 0.717) is 11.6 Å². The minimum absolute atomic E-state index is 0.0996. The molecule has 0 saturated heterocycles. The Morgan fingerprint density at radius 2 is 2.27 bits per heavy atom. The van der Waals surface area contributed by atoms with Crippen LogP contribution >= 0.6 is 11.6 Å². The molecule has 4 heteroatoms. The molecule has 1 aliphatic carbocycles. The summed E-state index contributed by atoms with van der Waals surface area (Å²) in [6.07, 6.45) is 2.25. The lowest BCUT2D eigenvalue weighted by Crippen LogP contribution is -2.20. The van der Waals surface area contributed by atoms with E-state index >= 15 is 0 Å². The molecular formula is C11H12ClN3. The Balaban J connectivity index is 2.19. The first-order valence-corrected chi connectivity index (χ1v) is 5.48. The van der Waals surface area contributed by atoms with Crippen molar-refractivity contribution in [2.45, 2.75) is 18.3 Å². The number of hydrogen-bond donors (Lipinski definition) is 2. The molecule has 1 fully saturated rings. The van der Waals surface area contributed by atoms with Gasteiger partial charge >= 0.3 is 0 Å². The van der Waals surface area contributed by atoms with Crippen LogP contribution in [0.4, 0.5) is 0 Å². The van der Waals surface area contributed by atoms with Crippen LogP contribution in [0.1, 0.15) is 18.7 Å². The monoisotopic (exact) mass is 221 g/mol. The fourth-order valence-corrected chi connectivity index (χ4v) is 2.15. The number of hydrogen-bond acceptors (Lipinski definition) is 2. The van der Waals surface area contributed by atoms with E-state index in [1.54, 1.807) is 0 Å². The van der Waals surface area contributed by atoms with Crippen molar-refractivity contribution in [1.29, 1.82) is 0 Å². The maximum Gasteiger partial charge on any atom is 0.114 e. The molecule has 1 saturated carbocycles. The van der Waals surface area contributed by atoms with Gasteiger partial charge in [0.15, 0.2) is 0 Å². The van der Waals surface area contributed by atoms with Crippen LogP contribution in [0.25, 0.3) is 11.0 Å². The molecule has 1 aromatic carbocycles. The molecule has 3 nitrogen and oxygen atoms in total. The number of nitrogens with two attached hydrogens (primary N) is 1. The third-order valence-electron chi connectivity index (χ3n) is 3.21. The van der Waals surface area contributed by atoms with E-state index in [4.69, 9.17) is 17.3 Å². The van der Waals surface area contributed by atoms with Crippen LogP contribution in [0, 0.1) is 0 Å². The van der Waals surface area contributed by atoms with Crippen molar-refractivity contribution in [3.63, 3.8) is 0 Å². The van der Waals surface area contributed by atoms with E-state index in [0.717, 1.165) is 29.7 Å². The number of rotatable bonds is 2. The quantitative estimate of drug-likeness (QED) is 0.817. The highest BCUT2D eigenvalue weighted by Crippen LogP contribution is 2.46. The molecule has 15 heavy (non-hydrogen) atoms. The van der Waals surface area contributed by atoms with Crippen LogP contribution in [0.15, 0.2) is 18.2 Å². The van der Waals surface area contributed by atoms with Crippen LogP contribution in [-0.4, -0.2) is 16.5 Å². The maximum absolute atomic E-state index is 6.07. The second kappa shape index (κ2) is 2.97. The summed E-state index contributed by atoms with van der Waals surface area (Å²) in [6.45, 7) is 0.657. The molecule has 2 aromatic rings. The van der Waals surface area contributed by atoms with Crippen molar-refractivity contribution in [2.24, 2.45) is 5.73 Å². The molecule has 1 aliphatic rings. The highest BCUT2D eigenvalue weighted by molar-refractivity contribution is 6.34. The number of para-hydroxylation sites is 1. The third kappa shape index (κ3) is 1.27. The Morgan fingerprint density at radius 1 is 1.47 bits per heavy atom. The zero-order valence-electron chi connectivity index (χ0n) is 8.26. The summed E-state index contributed by atoms with van der Waals surface area (Å²) in [5.74, 6) is 0.994. The second-order valence-electron chi connectivity index (χ2n) is 4.21. The summed E-state index contributed by atoms with van der Waals surface area (Å²) in [6, 6.07) is 5.77. The van der Waals surface area contributed by atoms with E-state index in [9.17, 15) is 0 Å². The zero-order chi connectivity index (χ0) is 10.5. The molecule has 3 rings (SSSR count). The number of benzene rings is 1. The van der Waals surface area contributed by atoms with Gasteiger partial charge in [-0.1, -0.05) is 17.7 Å². The maximum atomic E-state index is 6.07. The van der Waals surface area contributed by atoms with Crippen molar-refractivity contribution in [2.75, 3.05) is 6.54 Å². The van der Waals surface area contributed by atoms with Gasteiger partial charge in [0.25, 0.3) is 0 Å². The Bertz CT molecular complexity index is 514. The van der Waals surface area contributed by atoms with Gasteiger partial charge in [-0.3, -0.25) is 0 Å². The van der Waals surface area contributed by atoms with E-state index in [1.807, 2.05) is 18.2 Å². The van der Waals surface area contributed by atoms with Crippen LogP contribution in [0.3, 0.4) is 0 Å².